The zero-order valence-electron chi connectivity index (χ0n) is 28.2. The number of aryl methyl sites for hydroxylation is 1. The summed E-state index contributed by atoms with van der Waals surface area (Å²) < 4.78 is 0. The molecular formula is C48H33N3. The van der Waals surface area contributed by atoms with Gasteiger partial charge >= 0.3 is 0 Å². The highest BCUT2D eigenvalue weighted by Gasteiger charge is 2.16. The predicted octanol–water partition coefficient (Wildman–Crippen LogP) is 12.5. The Morgan fingerprint density at radius 3 is 1.59 bits per heavy atom. The van der Waals surface area contributed by atoms with Crippen molar-refractivity contribution in [3.63, 3.8) is 0 Å². The molecule has 0 atom stereocenters. The lowest BCUT2D eigenvalue weighted by molar-refractivity contribution is 1.18. The third kappa shape index (κ3) is 5.96. The molecule has 9 aromatic rings. The molecule has 3 nitrogen and oxygen atoms in total. The normalized spacial score (nSPS) is 11.2. The second-order valence-corrected chi connectivity index (χ2v) is 12.9. The van der Waals surface area contributed by atoms with E-state index in [9.17, 15) is 0 Å². The molecule has 0 saturated heterocycles. The van der Waals surface area contributed by atoms with Crippen LogP contribution in [0.5, 0.6) is 0 Å². The average Bonchev–Trinajstić information content (AvgIpc) is 3.21. The number of benzene rings is 7. The molecule has 240 valence electrons. The molecule has 0 spiro atoms. The predicted molar refractivity (Wildman–Crippen MR) is 212 cm³/mol. The van der Waals surface area contributed by atoms with E-state index in [1.54, 1.807) is 0 Å². The number of nitrogens with zero attached hydrogens (tertiary/aromatic N) is 3. The Balaban J connectivity index is 1.31. The maximum Gasteiger partial charge on any atom is 0.160 e. The standard InChI is InChI=1S/C48H33N3/c1-32-14-12-25-45(49-32)37-21-13-20-35(26-37)38-27-39(44-30-36-19-8-9-22-41(36)42-23-10-11-24-43(42)44)29-40(28-38)48-50-46(33-15-4-2-5-16-33)31-47(51-48)34-17-6-3-7-18-34/h2-31H,1H3. The highest BCUT2D eigenvalue weighted by Crippen LogP contribution is 2.39. The van der Waals surface area contributed by atoms with E-state index >= 15 is 0 Å². The largest absolute Gasteiger partial charge is 0.253 e. The number of fused-ring (bicyclic) bond motifs is 3. The number of hydrogen-bond acceptors (Lipinski definition) is 3. The Labute approximate surface area is 297 Å². The Morgan fingerprint density at radius 2 is 0.863 bits per heavy atom. The molecule has 0 saturated carbocycles. The smallest absolute Gasteiger partial charge is 0.160 e. The van der Waals surface area contributed by atoms with Crippen LogP contribution in [0.4, 0.5) is 0 Å². The molecule has 0 N–H and O–H groups in total. The number of pyridine rings is 1. The second kappa shape index (κ2) is 13.0. The quantitative estimate of drug-likeness (QED) is 0.168. The topological polar surface area (TPSA) is 38.7 Å². The van der Waals surface area contributed by atoms with Gasteiger partial charge in [0.15, 0.2) is 5.82 Å². The van der Waals surface area contributed by atoms with Crippen LogP contribution in [0.25, 0.3) is 89.0 Å². The summed E-state index contributed by atoms with van der Waals surface area (Å²) in [5.41, 5.74) is 12.3. The van der Waals surface area contributed by atoms with Crippen molar-refractivity contribution in [1.82, 2.24) is 15.0 Å². The summed E-state index contributed by atoms with van der Waals surface area (Å²) in [5.74, 6) is 0.680. The van der Waals surface area contributed by atoms with E-state index in [0.717, 1.165) is 61.7 Å². The molecule has 0 aliphatic heterocycles. The van der Waals surface area contributed by atoms with Crippen molar-refractivity contribution in [1.29, 1.82) is 0 Å². The Morgan fingerprint density at radius 1 is 0.314 bits per heavy atom. The van der Waals surface area contributed by atoms with Crippen LogP contribution in [-0.2, 0) is 0 Å². The highest BCUT2D eigenvalue weighted by atomic mass is 14.9. The van der Waals surface area contributed by atoms with Gasteiger partial charge in [0.1, 0.15) is 0 Å². The Kier molecular flexibility index (Phi) is 7.71. The molecular weight excluding hydrogens is 619 g/mol. The lowest BCUT2D eigenvalue weighted by atomic mass is 9.90. The Bertz CT molecular complexity index is 2640. The van der Waals surface area contributed by atoms with Gasteiger partial charge in [0.05, 0.1) is 17.1 Å². The van der Waals surface area contributed by atoms with Gasteiger partial charge in [0, 0.05) is 27.9 Å². The fourth-order valence-electron chi connectivity index (χ4n) is 7.02. The molecule has 0 aliphatic rings. The number of aromatic nitrogens is 3. The lowest BCUT2D eigenvalue weighted by Crippen LogP contribution is -1.97. The van der Waals surface area contributed by atoms with Crippen LogP contribution in [-0.4, -0.2) is 15.0 Å². The third-order valence-corrected chi connectivity index (χ3v) is 9.52. The molecule has 9 rings (SSSR count). The summed E-state index contributed by atoms with van der Waals surface area (Å²) in [7, 11) is 0. The van der Waals surface area contributed by atoms with Gasteiger partial charge in [-0.3, -0.25) is 4.98 Å². The van der Waals surface area contributed by atoms with Crippen LogP contribution in [0.2, 0.25) is 0 Å². The van der Waals surface area contributed by atoms with E-state index in [1.165, 1.54) is 27.1 Å². The van der Waals surface area contributed by atoms with Gasteiger partial charge in [-0.1, -0.05) is 133 Å². The minimum Gasteiger partial charge on any atom is -0.253 e. The van der Waals surface area contributed by atoms with Crippen molar-refractivity contribution in [3.05, 3.63) is 188 Å². The maximum absolute atomic E-state index is 5.23. The molecule has 51 heavy (non-hydrogen) atoms. The van der Waals surface area contributed by atoms with Gasteiger partial charge in [0.2, 0.25) is 0 Å². The molecule has 2 heterocycles. The van der Waals surface area contributed by atoms with Gasteiger partial charge in [-0.25, -0.2) is 9.97 Å². The second-order valence-electron chi connectivity index (χ2n) is 12.9. The highest BCUT2D eigenvalue weighted by molar-refractivity contribution is 6.14. The van der Waals surface area contributed by atoms with Crippen LogP contribution >= 0.6 is 0 Å². The van der Waals surface area contributed by atoms with Crippen molar-refractivity contribution in [2.24, 2.45) is 0 Å². The maximum atomic E-state index is 5.23. The molecule has 0 unspecified atom stereocenters. The van der Waals surface area contributed by atoms with Crippen LogP contribution in [0.3, 0.4) is 0 Å². The first-order valence-corrected chi connectivity index (χ1v) is 17.3. The van der Waals surface area contributed by atoms with E-state index < -0.39 is 0 Å². The molecule has 2 aromatic heterocycles. The van der Waals surface area contributed by atoms with Crippen LogP contribution in [0.15, 0.2) is 182 Å². The molecule has 0 amide bonds. The fourth-order valence-corrected chi connectivity index (χ4v) is 7.02. The van der Waals surface area contributed by atoms with Crippen molar-refractivity contribution in [3.8, 4) is 67.4 Å². The van der Waals surface area contributed by atoms with Crippen LogP contribution < -0.4 is 0 Å². The molecule has 0 fully saturated rings. The van der Waals surface area contributed by atoms with E-state index in [4.69, 9.17) is 15.0 Å². The lowest BCUT2D eigenvalue weighted by Gasteiger charge is -2.15. The van der Waals surface area contributed by atoms with Gasteiger partial charge < -0.3 is 0 Å². The molecule has 0 aliphatic carbocycles. The van der Waals surface area contributed by atoms with E-state index in [-0.39, 0.29) is 0 Å². The summed E-state index contributed by atoms with van der Waals surface area (Å²) in [6, 6.07) is 64.1. The monoisotopic (exact) mass is 651 g/mol. The van der Waals surface area contributed by atoms with E-state index in [0.29, 0.717) is 5.82 Å². The van der Waals surface area contributed by atoms with Crippen molar-refractivity contribution in [2.45, 2.75) is 6.92 Å². The SMILES string of the molecule is Cc1cccc(-c2cccc(-c3cc(-c4nc(-c5ccccc5)cc(-c5ccccc5)n4)cc(-c4cc5ccccc5c5ccccc45)c3)c2)n1. The van der Waals surface area contributed by atoms with Crippen LogP contribution in [0.1, 0.15) is 5.69 Å². The third-order valence-electron chi connectivity index (χ3n) is 9.52. The van der Waals surface area contributed by atoms with Crippen molar-refractivity contribution >= 4 is 21.5 Å². The van der Waals surface area contributed by atoms with Gasteiger partial charge in [-0.15, -0.1) is 0 Å². The van der Waals surface area contributed by atoms with Crippen molar-refractivity contribution < 1.29 is 0 Å². The summed E-state index contributed by atoms with van der Waals surface area (Å²) in [6.07, 6.45) is 0. The molecule has 0 bridgehead atoms. The molecule has 3 heteroatoms. The zero-order chi connectivity index (χ0) is 34.1. The van der Waals surface area contributed by atoms with E-state index in [1.807, 2.05) is 25.1 Å². The van der Waals surface area contributed by atoms with Gasteiger partial charge in [-0.05, 0) is 99.3 Å². The first kappa shape index (κ1) is 30.4. The fraction of sp³-hybridized carbons (Fsp3) is 0.0208. The number of hydrogen-bond donors (Lipinski definition) is 0. The minimum absolute atomic E-state index is 0.680. The van der Waals surface area contributed by atoms with Crippen LogP contribution in [0, 0.1) is 6.92 Å². The summed E-state index contributed by atoms with van der Waals surface area (Å²) in [4.78, 5) is 15.3. The van der Waals surface area contributed by atoms with E-state index in [2.05, 4.69) is 164 Å². The summed E-state index contributed by atoms with van der Waals surface area (Å²) in [5, 5.41) is 4.90. The molecule has 7 aromatic carbocycles. The summed E-state index contributed by atoms with van der Waals surface area (Å²) >= 11 is 0. The zero-order valence-corrected chi connectivity index (χ0v) is 28.2. The first-order chi connectivity index (χ1) is 25.2. The first-order valence-electron chi connectivity index (χ1n) is 17.3. The average molecular weight is 652 g/mol. The van der Waals surface area contributed by atoms with Gasteiger partial charge in [0.25, 0.3) is 0 Å². The molecule has 0 radical (unpaired) electrons. The Hall–Kier alpha value is -6.71. The van der Waals surface area contributed by atoms with Crippen molar-refractivity contribution in [2.75, 3.05) is 0 Å². The summed E-state index contributed by atoms with van der Waals surface area (Å²) in [6.45, 7) is 2.03. The minimum atomic E-state index is 0.680. The number of rotatable bonds is 6. The van der Waals surface area contributed by atoms with Gasteiger partial charge in [-0.2, -0.15) is 0 Å².